The molecule has 34 heavy (non-hydrogen) atoms. The van der Waals surface area contributed by atoms with Crippen molar-refractivity contribution in [3.8, 4) is 0 Å². The number of alkyl halides is 6. The number of rotatable bonds is 3. The molecule has 2 fully saturated rings. The number of carboxylic acid groups (broad SMARTS) is 2. The third-order valence-corrected chi connectivity index (χ3v) is 5.84. The van der Waals surface area contributed by atoms with Crippen LogP contribution in [0.25, 0.3) is 0 Å². The molecular formula is C21H27ClF6N2O4. The van der Waals surface area contributed by atoms with E-state index in [1.54, 1.807) is 0 Å². The second-order valence-corrected chi connectivity index (χ2v) is 8.54. The minimum Gasteiger partial charge on any atom is -0.475 e. The van der Waals surface area contributed by atoms with E-state index in [9.17, 15) is 26.3 Å². The van der Waals surface area contributed by atoms with Gasteiger partial charge in [-0.25, -0.2) is 9.59 Å². The van der Waals surface area contributed by atoms with Crippen molar-refractivity contribution in [2.75, 3.05) is 32.7 Å². The summed E-state index contributed by atoms with van der Waals surface area (Å²) in [6.45, 7) is 6.20. The molecule has 2 aliphatic heterocycles. The van der Waals surface area contributed by atoms with Crippen molar-refractivity contribution in [2.24, 2.45) is 5.41 Å². The first-order valence-corrected chi connectivity index (χ1v) is 10.8. The molecule has 0 bridgehead atoms. The third kappa shape index (κ3) is 11.4. The second-order valence-electron chi connectivity index (χ2n) is 8.10. The Hall–Kier alpha value is -2.05. The predicted molar refractivity (Wildman–Crippen MR) is 113 cm³/mol. The molecule has 3 rings (SSSR count). The average Bonchev–Trinajstić information content (AvgIpc) is 2.75. The fourth-order valence-corrected chi connectivity index (χ4v) is 3.77. The van der Waals surface area contributed by atoms with E-state index in [1.807, 2.05) is 12.1 Å². The molecule has 0 saturated carbocycles. The van der Waals surface area contributed by atoms with Gasteiger partial charge in [0, 0.05) is 18.1 Å². The van der Waals surface area contributed by atoms with Gasteiger partial charge >= 0.3 is 24.3 Å². The molecule has 0 atom stereocenters. The molecule has 1 aromatic rings. The van der Waals surface area contributed by atoms with Gasteiger partial charge in [0.25, 0.3) is 0 Å². The third-order valence-electron chi connectivity index (χ3n) is 5.59. The molecule has 2 saturated heterocycles. The van der Waals surface area contributed by atoms with Crippen LogP contribution in [0.15, 0.2) is 24.3 Å². The van der Waals surface area contributed by atoms with Crippen LogP contribution in [0.4, 0.5) is 26.3 Å². The molecule has 13 heteroatoms. The number of hydrogen-bond acceptors (Lipinski definition) is 4. The van der Waals surface area contributed by atoms with Crippen LogP contribution in [0, 0.1) is 5.41 Å². The molecule has 3 N–H and O–H groups in total. The number of hydrogen-bond donors (Lipinski definition) is 3. The van der Waals surface area contributed by atoms with E-state index in [4.69, 9.17) is 31.4 Å². The summed E-state index contributed by atoms with van der Waals surface area (Å²) < 4.78 is 63.5. The Balaban J connectivity index is 0.000000343. The molecule has 0 amide bonds. The van der Waals surface area contributed by atoms with Crippen molar-refractivity contribution in [3.63, 3.8) is 0 Å². The number of benzene rings is 1. The Bertz CT molecular complexity index is 747. The van der Waals surface area contributed by atoms with Gasteiger partial charge in [0.05, 0.1) is 0 Å². The highest BCUT2D eigenvalue weighted by Gasteiger charge is 2.39. The van der Waals surface area contributed by atoms with Crippen LogP contribution >= 0.6 is 11.6 Å². The van der Waals surface area contributed by atoms with Crippen molar-refractivity contribution < 1.29 is 46.1 Å². The molecule has 2 aliphatic rings. The summed E-state index contributed by atoms with van der Waals surface area (Å²) in [5.74, 6) is -5.51. The monoisotopic (exact) mass is 520 g/mol. The highest BCUT2D eigenvalue weighted by Crippen LogP contribution is 2.37. The molecule has 6 nitrogen and oxygen atoms in total. The Morgan fingerprint density at radius 1 is 0.941 bits per heavy atom. The van der Waals surface area contributed by atoms with Crippen LogP contribution < -0.4 is 5.32 Å². The second kappa shape index (κ2) is 13.1. The SMILES string of the molecule is Clc1ccc(CCN2CCC3(CCCNC3)CC2)cc1.O=C(O)C(F)(F)F.O=C(O)C(F)(F)F. The molecule has 2 heterocycles. The smallest absolute Gasteiger partial charge is 0.475 e. The number of carboxylic acids is 2. The molecule has 0 aliphatic carbocycles. The molecule has 0 radical (unpaired) electrons. The molecule has 194 valence electrons. The summed E-state index contributed by atoms with van der Waals surface area (Å²) in [5, 5.41) is 18.7. The van der Waals surface area contributed by atoms with Gasteiger partial charge in [0.15, 0.2) is 0 Å². The summed E-state index contributed by atoms with van der Waals surface area (Å²) in [7, 11) is 0. The van der Waals surface area contributed by atoms with Crippen molar-refractivity contribution in [1.82, 2.24) is 10.2 Å². The number of likely N-dealkylation sites (tertiary alicyclic amines) is 1. The van der Waals surface area contributed by atoms with Crippen LogP contribution in [0.3, 0.4) is 0 Å². The lowest BCUT2D eigenvalue weighted by Crippen LogP contribution is -2.48. The Morgan fingerprint density at radius 3 is 1.79 bits per heavy atom. The summed E-state index contributed by atoms with van der Waals surface area (Å²) in [5.41, 5.74) is 2.02. The van der Waals surface area contributed by atoms with Crippen molar-refractivity contribution >= 4 is 23.5 Å². The summed E-state index contributed by atoms with van der Waals surface area (Å²) in [6.07, 6.45) is -3.47. The fourth-order valence-electron chi connectivity index (χ4n) is 3.65. The van der Waals surface area contributed by atoms with Gasteiger partial charge in [-0.15, -0.1) is 0 Å². The highest BCUT2D eigenvalue weighted by molar-refractivity contribution is 6.30. The normalized spacial score (nSPS) is 18.2. The van der Waals surface area contributed by atoms with E-state index in [2.05, 4.69) is 22.3 Å². The minimum absolute atomic E-state index is 0.620. The van der Waals surface area contributed by atoms with E-state index in [0.717, 1.165) is 11.4 Å². The first-order valence-electron chi connectivity index (χ1n) is 10.4. The molecule has 0 unspecified atom stereocenters. The lowest BCUT2D eigenvalue weighted by Gasteiger charge is -2.44. The van der Waals surface area contributed by atoms with E-state index in [0.29, 0.717) is 5.41 Å². The van der Waals surface area contributed by atoms with Crippen LogP contribution in [0.2, 0.25) is 5.02 Å². The quantitative estimate of drug-likeness (QED) is 0.504. The van der Waals surface area contributed by atoms with Gasteiger partial charge in [-0.05, 0) is 74.8 Å². The highest BCUT2D eigenvalue weighted by atomic mass is 35.5. The topological polar surface area (TPSA) is 89.9 Å². The van der Waals surface area contributed by atoms with Gasteiger partial charge in [-0.3, -0.25) is 0 Å². The zero-order valence-electron chi connectivity index (χ0n) is 18.2. The van der Waals surface area contributed by atoms with Crippen LogP contribution in [0.1, 0.15) is 31.2 Å². The number of aliphatic carboxylic acids is 2. The first-order chi connectivity index (χ1) is 15.6. The van der Waals surface area contributed by atoms with Crippen molar-refractivity contribution in [1.29, 1.82) is 0 Å². The van der Waals surface area contributed by atoms with Gasteiger partial charge < -0.3 is 20.4 Å². The first kappa shape index (κ1) is 30.0. The predicted octanol–water partition coefficient (Wildman–Crippen LogP) is 4.61. The van der Waals surface area contributed by atoms with Crippen LogP contribution in [-0.2, 0) is 16.0 Å². The number of piperidine rings is 2. The maximum Gasteiger partial charge on any atom is 0.490 e. The number of carbonyl (C=O) groups is 2. The summed E-state index contributed by atoms with van der Waals surface area (Å²) in [4.78, 5) is 20.4. The molecule has 0 aromatic heterocycles. The largest absolute Gasteiger partial charge is 0.490 e. The van der Waals surface area contributed by atoms with Crippen molar-refractivity contribution in [2.45, 2.75) is 44.5 Å². The van der Waals surface area contributed by atoms with Crippen LogP contribution in [-0.4, -0.2) is 72.1 Å². The van der Waals surface area contributed by atoms with Gasteiger partial charge in [-0.2, -0.15) is 26.3 Å². The zero-order chi connectivity index (χ0) is 26.0. The van der Waals surface area contributed by atoms with E-state index in [1.165, 1.54) is 64.0 Å². The fraction of sp³-hybridized carbons (Fsp3) is 0.619. The van der Waals surface area contributed by atoms with Crippen LogP contribution in [0.5, 0.6) is 0 Å². The molecule has 1 aromatic carbocycles. The lowest BCUT2D eigenvalue weighted by molar-refractivity contribution is -0.193. The van der Waals surface area contributed by atoms with E-state index in [-0.39, 0.29) is 0 Å². The van der Waals surface area contributed by atoms with E-state index < -0.39 is 24.3 Å². The Morgan fingerprint density at radius 2 is 1.41 bits per heavy atom. The zero-order valence-corrected chi connectivity index (χ0v) is 18.9. The van der Waals surface area contributed by atoms with E-state index >= 15 is 0 Å². The number of nitrogens with zero attached hydrogens (tertiary/aromatic N) is 1. The summed E-state index contributed by atoms with van der Waals surface area (Å²) in [6, 6.07) is 8.29. The van der Waals surface area contributed by atoms with Gasteiger partial charge in [-0.1, -0.05) is 23.7 Å². The van der Waals surface area contributed by atoms with Gasteiger partial charge in [0.2, 0.25) is 0 Å². The maximum atomic E-state index is 10.6. The standard InChI is InChI=1S/C17H25ClN2.2C2HF3O2/c18-16-4-2-15(3-5-16)6-11-20-12-8-17(9-13-20)7-1-10-19-14-17;2*3-2(4,5)1(6)7/h2-5,19H,1,6-14H2;2*(H,6,7). The number of nitrogens with one attached hydrogen (secondary N) is 1. The average molecular weight is 521 g/mol. The molecule has 1 spiro atoms. The van der Waals surface area contributed by atoms with Crippen molar-refractivity contribution in [3.05, 3.63) is 34.9 Å². The lowest BCUT2D eigenvalue weighted by atomic mass is 9.73. The maximum absolute atomic E-state index is 10.6. The Kier molecular flexibility index (Phi) is 11.6. The molecular weight excluding hydrogens is 494 g/mol. The minimum atomic E-state index is -5.08. The van der Waals surface area contributed by atoms with Gasteiger partial charge in [0.1, 0.15) is 0 Å². The number of halogens is 7. The summed E-state index contributed by atoms with van der Waals surface area (Å²) >= 11 is 5.93. The Labute approximate surface area is 197 Å².